The van der Waals surface area contributed by atoms with Crippen molar-refractivity contribution in [1.29, 1.82) is 0 Å². The summed E-state index contributed by atoms with van der Waals surface area (Å²) >= 11 is 0. The highest BCUT2D eigenvalue weighted by molar-refractivity contribution is 5.74. The Hall–Kier alpha value is -1.72. The van der Waals surface area contributed by atoms with Crippen molar-refractivity contribution in [3.8, 4) is 0 Å². The average Bonchev–Trinajstić information content (AvgIpc) is 2.69. The number of carbonyl (C=O) groups excluding carboxylic acids is 1. The van der Waals surface area contributed by atoms with Crippen molar-refractivity contribution >= 4 is 6.03 Å². The Bertz CT molecular complexity index is 516. The van der Waals surface area contributed by atoms with E-state index in [0.29, 0.717) is 24.6 Å². The van der Waals surface area contributed by atoms with Gasteiger partial charge in [0.25, 0.3) is 0 Å². The molecule has 2 amide bonds. The van der Waals surface area contributed by atoms with Crippen LogP contribution in [0.4, 0.5) is 18.0 Å². The summed E-state index contributed by atoms with van der Waals surface area (Å²) in [5.74, 6) is 0.612. The van der Waals surface area contributed by atoms with Gasteiger partial charge in [0.1, 0.15) is 0 Å². The Morgan fingerprint density at radius 3 is 2.82 bits per heavy atom. The quantitative estimate of drug-likeness (QED) is 0.878. The average molecular weight is 314 g/mol. The number of urea groups is 1. The Kier molecular flexibility index (Phi) is 5.32. The fourth-order valence-electron chi connectivity index (χ4n) is 2.61. The van der Waals surface area contributed by atoms with Gasteiger partial charge in [0.05, 0.1) is 5.56 Å². The summed E-state index contributed by atoms with van der Waals surface area (Å²) in [7, 11) is 0. The minimum Gasteiger partial charge on any atom is -0.334 e. The van der Waals surface area contributed by atoms with Gasteiger partial charge in [-0.05, 0) is 42.9 Å². The monoisotopic (exact) mass is 314 g/mol. The lowest BCUT2D eigenvalue weighted by molar-refractivity contribution is -0.137. The standard InChI is InChI=1S/C16H21F3N2O/c1-12-4-3-8-21(9-7-12)15(22)20-11-13-5-2-6-14(10-13)16(17,18)19/h2,5-6,10,12H,3-4,7-9,11H2,1H3,(H,20,22). The van der Waals surface area contributed by atoms with Gasteiger partial charge < -0.3 is 10.2 Å². The molecule has 3 nitrogen and oxygen atoms in total. The molecule has 2 rings (SSSR count). The molecule has 1 fully saturated rings. The second-order valence-corrected chi connectivity index (χ2v) is 5.88. The molecule has 0 spiro atoms. The number of nitrogens with one attached hydrogen (secondary N) is 1. The summed E-state index contributed by atoms with van der Waals surface area (Å²) in [5.41, 5.74) is -0.241. The highest BCUT2D eigenvalue weighted by Crippen LogP contribution is 2.29. The largest absolute Gasteiger partial charge is 0.416 e. The molecule has 122 valence electrons. The molecule has 1 atom stereocenters. The van der Waals surface area contributed by atoms with Gasteiger partial charge in [0.2, 0.25) is 0 Å². The van der Waals surface area contributed by atoms with Crippen LogP contribution >= 0.6 is 0 Å². The van der Waals surface area contributed by atoms with E-state index in [1.165, 1.54) is 6.07 Å². The van der Waals surface area contributed by atoms with E-state index in [-0.39, 0.29) is 12.6 Å². The summed E-state index contributed by atoms with van der Waals surface area (Å²) in [4.78, 5) is 13.9. The second-order valence-electron chi connectivity index (χ2n) is 5.88. The van der Waals surface area contributed by atoms with Crippen LogP contribution in [0.1, 0.15) is 37.3 Å². The van der Waals surface area contributed by atoms with Gasteiger partial charge in [-0.25, -0.2) is 4.79 Å². The molecule has 1 aromatic carbocycles. The number of hydrogen-bond acceptors (Lipinski definition) is 1. The van der Waals surface area contributed by atoms with Crippen molar-refractivity contribution in [2.75, 3.05) is 13.1 Å². The van der Waals surface area contributed by atoms with Gasteiger partial charge in [-0.15, -0.1) is 0 Å². The maximum absolute atomic E-state index is 12.6. The third-order valence-electron chi connectivity index (χ3n) is 4.00. The van der Waals surface area contributed by atoms with Crippen molar-refractivity contribution in [3.63, 3.8) is 0 Å². The third kappa shape index (κ3) is 4.64. The van der Waals surface area contributed by atoms with Gasteiger partial charge in [0, 0.05) is 19.6 Å². The lowest BCUT2D eigenvalue weighted by atomic mass is 10.0. The third-order valence-corrected chi connectivity index (χ3v) is 4.00. The summed E-state index contributed by atoms with van der Waals surface area (Å²) in [6.45, 7) is 3.69. The first-order chi connectivity index (χ1) is 10.4. The van der Waals surface area contributed by atoms with Crippen LogP contribution in [0.3, 0.4) is 0 Å². The molecule has 1 N–H and O–H groups in total. The van der Waals surface area contributed by atoms with Crippen LogP contribution in [-0.4, -0.2) is 24.0 Å². The minimum atomic E-state index is -4.36. The van der Waals surface area contributed by atoms with Gasteiger partial charge in [0.15, 0.2) is 0 Å². The number of likely N-dealkylation sites (tertiary alicyclic amines) is 1. The zero-order valence-corrected chi connectivity index (χ0v) is 12.6. The van der Waals surface area contributed by atoms with E-state index >= 15 is 0 Å². The van der Waals surface area contributed by atoms with E-state index < -0.39 is 11.7 Å². The van der Waals surface area contributed by atoms with E-state index in [2.05, 4.69) is 12.2 Å². The number of carbonyl (C=O) groups is 1. The lowest BCUT2D eigenvalue weighted by Crippen LogP contribution is -2.40. The van der Waals surface area contributed by atoms with Crippen molar-refractivity contribution in [2.45, 2.75) is 38.9 Å². The number of nitrogens with zero attached hydrogens (tertiary/aromatic N) is 1. The van der Waals surface area contributed by atoms with E-state index in [1.807, 2.05) is 0 Å². The minimum absolute atomic E-state index is 0.106. The van der Waals surface area contributed by atoms with Crippen LogP contribution in [0.2, 0.25) is 0 Å². The molecule has 0 radical (unpaired) electrons. The Balaban J connectivity index is 1.91. The van der Waals surface area contributed by atoms with Crippen molar-refractivity contribution in [2.24, 2.45) is 5.92 Å². The number of hydrogen-bond donors (Lipinski definition) is 1. The van der Waals surface area contributed by atoms with Gasteiger partial charge in [-0.2, -0.15) is 13.2 Å². The normalized spacial score (nSPS) is 19.6. The molecule has 6 heteroatoms. The summed E-state index contributed by atoms with van der Waals surface area (Å²) in [5, 5.41) is 2.71. The zero-order chi connectivity index (χ0) is 16.2. The van der Waals surface area contributed by atoms with Gasteiger partial charge in [-0.1, -0.05) is 19.1 Å². The predicted molar refractivity (Wildman–Crippen MR) is 78.3 cm³/mol. The Labute approximate surface area is 128 Å². The smallest absolute Gasteiger partial charge is 0.334 e. The van der Waals surface area contributed by atoms with Crippen LogP contribution in [-0.2, 0) is 12.7 Å². The molecule has 1 aromatic rings. The van der Waals surface area contributed by atoms with Gasteiger partial charge in [-0.3, -0.25) is 0 Å². The predicted octanol–water partition coefficient (Wildman–Crippen LogP) is 4.04. The molecule has 0 aromatic heterocycles. The molecular formula is C16H21F3N2O. The molecule has 0 bridgehead atoms. The first-order valence-corrected chi connectivity index (χ1v) is 7.55. The highest BCUT2D eigenvalue weighted by atomic mass is 19.4. The number of halogens is 3. The summed E-state index contributed by atoms with van der Waals surface area (Å²) in [6.07, 6.45) is -1.31. The number of benzene rings is 1. The maximum atomic E-state index is 12.6. The van der Waals surface area contributed by atoms with Crippen LogP contribution in [0.5, 0.6) is 0 Å². The van der Waals surface area contributed by atoms with Gasteiger partial charge >= 0.3 is 12.2 Å². The van der Waals surface area contributed by atoms with E-state index in [4.69, 9.17) is 0 Å². The number of amides is 2. The molecule has 1 aliphatic rings. The molecule has 1 heterocycles. The van der Waals surface area contributed by atoms with Crippen LogP contribution in [0.25, 0.3) is 0 Å². The zero-order valence-electron chi connectivity index (χ0n) is 12.6. The Morgan fingerprint density at radius 2 is 2.09 bits per heavy atom. The number of alkyl halides is 3. The van der Waals surface area contributed by atoms with Crippen LogP contribution in [0, 0.1) is 5.92 Å². The van der Waals surface area contributed by atoms with Crippen LogP contribution < -0.4 is 5.32 Å². The van der Waals surface area contributed by atoms with E-state index in [1.54, 1.807) is 11.0 Å². The molecule has 22 heavy (non-hydrogen) atoms. The molecule has 0 aliphatic carbocycles. The maximum Gasteiger partial charge on any atom is 0.416 e. The molecular weight excluding hydrogens is 293 g/mol. The Morgan fingerprint density at radius 1 is 1.32 bits per heavy atom. The summed E-state index contributed by atoms with van der Waals surface area (Å²) < 4.78 is 37.9. The SMILES string of the molecule is CC1CCCN(C(=O)NCc2cccc(C(F)(F)F)c2)CC1. The topological polar surface area (TPSA) is 32.3 Å². The summed E-state index contributed by atoms with van der Waals surface area (Å²) in [6, 6.07) is 4.84. The molecule has 0 saturated carbocycles. The fourth-order valence-corrected chi connectivity index (χ4v) is 2.61. The first kappa shape index (κ1) is 16.6. The fraction of sp³-hybridized carbons (Fsp3) is 0.562. The van der Waals surface area contributed by atoms with Crippen molar-refractivity contribution in [1.82, 2.24) is 10.2 Å². The highest BCUT2D eigenvalue weighted by Gasteiger charge is 2.30. The van der Waals surface area contributed by atoms with Crippen molar-refractivity contribution in [3.05, 3.63) is 35.4 Å². The lowest BCUT2D eigenvalue weighted by Gasteiger charge is -2.21. The van der Waals surface area contributed by atoms with Crippen LogP contribution in [0.15, 0.2) is 24.3 Å². The van der Waals surface area contributed by atoms with E-state index in [9.17, 15) is 18.0 Å². The van der Waals surface area contributed by atoms with E-state index in [0.717, 1.165) is 31.4 Å². The first-order valence-electron chi connectivity index (χ1n) is 7.55. The second kappa shape index (κ2) is 7.03. The molecule has 1 unspecified atom stereocenters. The molecule has 1 saturated heterocycles. The molecule has 1 aliphatic heterocycles. The van der Waals surface area contributed by atoms with Crippen molar-refractivity contribution < 1.29 is 18.0 Å². The number of rotatable bonds is 2.